The third-order valence-corrected chi connectivity index (χ3v) is 16.7. The minimum absolute atomic E-state index is 0. The van der Waals surface area contributed by atoms with Crippen LogP contribution in [-0.2, 0) is 95.7 Å². The van der Waals surface area contributed by atoms with Crippen LogP contribution in [0.25, 0.3) is 73.3 Å². The van der Waals surface area contributed by atoms with Crippen molar-refractivity contribution in [1.82, 2.24) is 44.9 Å². The molecule has 0 saturated heterocycles. The number of aromatic nitrogens is 9. The molecule has 0 fully saturated rings. The molecule has 0 bridgehead atoms. The first-order chi connectivity index (χ1) is 48.2. The molecule has 0 amide bonds. The molecular formula is C88H94ClFN12Pt3-2. The fourth-order valence-electron chi connectivity index (χ4n) is 10.6. The molecule has 105 heavy (non-hydrogen) atoms. The van der Waals surface area contributed by atoms with Crippen LogP contribution >= 0.6 is 0 Å². The number of nitrogens with zero attached hydrogens (tertiary/aromatic N) is 11. The second kappa shape index (κ2) is 37.8. The minimum Gasteiger partial charge on any atom is -1.00 e. The van der Waals surface area contributed by atoms with Gasteiger partial charge in [-0.15, -0.1) is 101 Å². The van der Waals surface area contributed by atoms with Crippen molar-refractivity contribution in [3.63, 3.8) is 0 Å². The van der Waals surface area contributed by atoms with Crippen LogP contribution in [0.4, 0.5) is 33.1 Å². The van der Waals surface area contributed by atoms with E-state index in [4.69, 9.17) is 26.6 Å². The van der Waals surface area contributed by atoms with Gasteiger partial charge in [0.2, 0.25) is 0 Å². The van der Waals surface area contributed by atoms with E-state index in [0.29, 0.717) is 11.3 Å². The van der Waals surface area contributed by atoms with Crippen LogP contribution in [0.5, 0.6) is 0 Å². The van der Waals surface area contributed by atoms with Crippen molar-refractivity contribution < 1.29 is 81.4 Å². The molecule has 12 aromatic rings. The van der Waals surface area contributed by atoms with Gasteiger partial charge in [0, 0.05) is 58.2 Å². The molecule has 9 heterocycles. The Bertz CT molecular complexity index is 4490. The zero-order valence-corrected chi connectivity index (χ0v) is 70.7. The van der Waals surface area contributed by atoms with Crippen molar-refractivity contribution in [2.75, 3.05) is 12.5 Å². The molecule has 0 saturated carbocycles. The van der Waals surface area contributed by atoms with Crippen molar-refractivity contribution in [2.45, 2.75) is 157 Å². The Morgan fingerprint density at radius 1 is 0.390 bits per heavy atom. The molecule has 0 spiro atoms. The first-order valence-corrected chi connectivity index (χ1v) is 34.1. The Morgan fingerprint density at radius 2 is 0.743 bits per heavy atom. The predicted octanol–water partition coefficient (Wildman–Crippen LogP) is 19.3. The summed E-state index contributed by atoms with van der Waals surface area (Å²) in [5.74, 6) is 1.38. The summed E-state index contributed by atoms with van der Waals surface area (Å²) >= 11 is 0. The summed E-state index contributed by atoms with van der Waals surface area (Å²) < 4.78 is 15.5. The number of benzene rings is 3. The maximum atomic E-state index is 9.96. The van der Waals surface area contributed by atoms with Crippen molar-refractivity contribution >= 4 is 28.7 Å². The molecule has 3 aromatic carbocycles. The Morgan fingerprint density at radius 3 is 1.20 bits per heavy atom. The first-order valence-electron chi connectivity index (χ1n) is 34.8. The monoisotopic (exact) mass is 1960 g/mol. The summed E-state index contributed by atoms with van der Waals surface area (Å²) in [6.07, 6.45) is 11.1. The van der Waals surface area contributed by atoms with Gasteiger partial charge in [-0.05, 0) is 167 Å². The van der Waals surface area contributed by atoms with Gasteiger partial charge in [-0.1, -0.05) is 197 Å². The summed E-state index contributed by atoms with van der Waals surface area (Å²) in [5, 5.41) is 8.13. The van der Waals surface area contributed by atoms with Crippen molar-refractivity contribution in [1.29, 1.82) is 0 Å². The largest absolute Gasteiger partial charge is 2.00 e. The standard InChI is InChI=1S/C29H31N4.2C29H30N4.CH3F.ClH.3Pt/c3*1-28(2,3)21-13-15-30-25(18-21)20-9-7-10-23(17-20)32-27-12-8-11-24(33-27)26-19-22(14-16-31-26)29(4,5)6;1-2;;;;/h7-16,18-19H,1-6H3,(H,32,33);2*7-16,18-19H,1-6H3;1H3;1H;;;/q-1;2*-2;;;;2*+2/p-1/i;;;1D;;;;. The van der Waals surface area contributed by atoms with Gasteiger partial charge in [0.25, 0.3) is 0 Å². The number of rotatable bonds is 11. The van der Waals surface area contributed by atoms with Gasteiger partial charge in [-0.25, -0.2) is 4.98 Å². The maximum absolute atomic E-state index is 9.96. The van der Waals surface area contributed by atoms with Gasteiger partial charge >= 0.3 is 42.1 Å². The van der Waals surface area contributed by atoms with Crippen LogP contribution in [0.1, 0.15) is 159 Å². The molecule has 552 valence electrons. The van der Waals surface area contributed by atoms with E-state index in [2.05, 4.69) is 251 Å². The van der Waals surface area contributed by atoms with Gasteiger partial charge in [-0.2, -0.15) is 0 Å². The molecule has 12 rings (SSSR count). The second-order valence-electron chi connectivity index (χ2n) is 31.0. The number of hydrogen-bond donors (Lipinski definition) is 1. The molecule has 0 atom stereocenters. The Hall–Kier alpha value is -8.31. The van der Waals surface area contributed by atoms with E-state index in [1.807, 2.05) is 146 Å². The first kappa shape index (κ1) is 85.6. The maximum Gasteiger partial charge on any atom is 2.00 e. The van der Waals surface area contributed by atoms with Crippen LogP contribution in [0.2, 0.25) is 0 Å². The Balaban J connectivity index is 0.000000275. The number of anilines is 2. The van der Waals surface area contributed by atoms with Gasteiger partial charge in [-0.3, -0.25) is 19.3 Å². The fourth-order valence-corrected chi connectivity index (χ4v) is 10.6. The number of pyridine rings is 9. The SMILES string of the molecule is CC(C)(C)c1ccnc(-c2[c-]c(N=c3cccc(-c4cc(C(C)(C)C)ccn4)[n-]3)ccc2)c1.CC(C)(C)c1ccnc(-c2[c-]c(Nc3cccc(-c4cc(C(C)(C)C)ccn4)n3)ccc2)c1.CC(C)(C)c1ccnc(-c2[c-]c([N-]c3cccc(-c4cc(C(C)(C)C)ccn4)n3)ccc2)c1.[2H]CF.[Cl-].[Pt+2].[Pt+2].[Pt]. The van der Waals surface area contributed by atoms with Crippen LogP contribution in [0.15, 0.2) is 224 Å². The average Bonchev–Trinajstić information content (AvgIpc) is 0.769. The summed E-state index contributed by atoms with van der Waals surface area (Å²) in [7, 11) is -1.00. The van der Waals surface area contributed by atoms with E-state index in [1.165, 1.54) is 33.4 Å². The average molecular weight is 1960 g/mol. The molecule has 0 radical (unpaired) electrons. The Kier molecular flexibility index (Phi) is 30.8. The number of hydrogen-bond acceptors (Lipinski definition) is 10. The van der Waals surface area contributed by atoms with E-state index >= 15 is 0 Å². The molecule has 0 aliphatic carbocycles. The fraction of sp³-hybridized carbons (Fsp3) is 0.284. The topological polar surface area (TPSA) is 156 Å². The van der Waals surface area contributed by atoms with Gasteiger partial charge in [0.05, 0.1) is 31.3 Å². The van der Waals surface area contributed by atoms with E-state index in [9.17, 15) is 4.39 Å². The molecule has 12 nitrogen and oxygen atoms in total. The predicted molar refractivity (Wildman–Crippen MR) is 414 cm³/mol. The minimum atomic E-state index is -1.00. The number of alkyl halides is 1. The molecular weight excluding hydrogens is 1860 g/mol. The van der Waals surface area contributed by atoms with Crippen molar-refractivity contribution in [3.8, 4) is 67.9 Å². The molecule has 9 aromatic heterocycles. The normalized spacial score (nSPS) is 11.7. The third-order valence-electron chi connectivity index (χ3n) is 16.7. The molecule has 17 heteroatoms. The molecule has 0 unspecified atom stereocenters. The quantitative estimate of drug-likeness (QED) is 0.124. The van der Waals surface area contributed by atoms with E-state index in [0.717, 1.165) is 90.8 Å². The van der Waals surface area contributed by atoms with Gasteiger partial charge in [0.15, 0.2) is 0 Å². The number of nitrogens with one attached hydrogen (secondary N) is 1. The van der Waals surface area contributed by atoms with E-state index in [-0.39, 0.29) is 108 Å². The summed E-state index contributed by atoms with van der Waals surface area (Å²) in [6.45, 7) is 39.6. The van der Waals surface area contributed by atoms with Crippen molar-refractivity contribution in [2.24, 2.45) is 4.99 Å². The van der Waals surface area contributed by atoms with Crippen LogP contribution in [0, 0.1) is 18.2 Å². The van der Waals surface area contributed by atoms with E-state index < -0.39 is 7.15 Å². The summed E-state index contributed by atoms with van der Waals surface area (Å²) in [6, 6.07) is 70.8. The van der Waals surface area contributed by atoms with E-state index in [1.54, 1.807) is 0 Å². The summed E-state index contributed by atoms with van der Waals surface area (Å²) in [5.41, 5.74) is 21.1. The molecule has 1 N–H and O–H groups in total. The smallest absolute Gasteiger partial charge is 1.00 e. The molecule has 0 aliphatic rings. The number of halogens is 2. The van der Waals surface area contributed by atoms with Crippen LogP contribution in [-0.4, -0.2) is 47.0 Å². The summed E-state index contributed by atoms with van der Waals surface area (Å²) in [4.78, 5) is 46.3. The van der Waals surface area contributed by atoms with Gasteiger partial charge in [0.1, 0.15) is 5.82 Å². The molecule has 0 aliphatic heterocycles. The zero-order chi connectivity index (χ0) is 73.6. The third kappa shape index (κ3) is 24.9. The zero-order valence-electron chi connectivity index (χ0n) is 64.1. The van der Waals surface area contributed by atoms with Crippen LogP contribution in [0.3, 0.4) is 0 Å². The second-order valence-corrected chi connectivity index (χ2v) is 31.0. The van der Waals surface area contributed by atoms with Crippen molar-refractivity contribution in [3.05, 3.63) is 282 Å². The Labute approximate surface area is 673 Å². The van der Waals surface area contributed by atoms with Crippen LogP contribution < -0.4 is 28.2 Å². The van der Waals surface area contributed by atoms with Gasteiger partial charge < -0.3 is 53.0 Å².